The van der Waals surface area contributed by atoms with Crippen molar-refractivity contribution in [1.29, 1.82) is 0 Å². The lowest BCUT2D eigenvalue weighted by molar-refractivity contribution is 0.553. The first-order valence-corrected chi connectivity index (χ1v) is 10.6. The molecule has 0 bridgehead atoms. The highest BCUT2D eigenvalue weighted by molar-refractivity contribution is 7.91. The van der Waals surface area contributed by atoms with Crippen LogP contribution in [0.2, 0.25) is 0 Å². The summed E-state index contributed by atoms with van der Waals surface area (Å²) in [5, 5.41) is 6.84. The van der Waals surface area contributed by atoms with Crippen molar-refractivity contribution >= 4 is 15.8 Å². The van der Waals surface area contributed by atoms with Gasteiger partial charge in [0, 0.05) is 18.8 Å². The predicted molar refractivity (Wildman–Crippen MR) is 95.5 cm³/mol. The molecule has 3 rings (SSSR count). The van der Waals surface area contributed by atoms with E-state index in [1.165, 1.54) is 25.7 Å². The summed E-state index contributed by atoms with van der Waals surface area (Å²) in [6, 6.07) is 6.27. The number of rotatable bonds is 5. The summed E-state index contributed by atoms with van der Waals surface area (Å²) < 4.78 is 23.2. The van der Waals surface area contributed by atoms with Crippen molar-refractivity contribution in [2.24, 2.45) is 10.9 Å². The molecule has 0 radical (unpaired) electrons. The monoisotopic (exact) mass is 350 g/mol. The molecule has 1 atom stereocenters. The Bertz CT molecular complexity index is 654. The SMILES string of the molecule is O=S1(=O)CCC(CNC(=NCc2ccccn2)NC2CCCC2)C1. The van der Waals surface area contributed by atoms with Crippen LogP contribution in [0.5, 0.6) is 0 Å². The topological polar surface area (TPSA) is 83.5 Å². The van der Waals surface area contributed by atoms with Crippen molar-refractivity contribution in [3.05, 3.63) is 30.1 Å². The number of sulfone groups is 1. The van der Waals surface area contributed by atoms with Crippen molar-refractivity contribution in [2.75, 3.05) is 18.1 Å². The van der Waals surface area contributed by atoms with Gasteiger partial charge in [0.15, 0.2) is 15.8 Å². The van der Waals surface area contributed by atoms with Crippen LogP contribution >= 0.6 is 0 Å². The summed E-state index contributed by atoms with van der Waals surface area (Å²) in [6.07, 6.45) is 7.36. The Balaban J connectivity index is 1.58. The van der Waals surface area contributed by atoms with Crippen molar-refractivity contribution in [1.82, 2.24) is 15.6 Å². The predicted octanol–water partition coefficient (Wildman–Crippen LogP) is 1.49. The third kappa shape index (κ3) is 5.19. The van der Waals surface area contributed by atoms with E-state index in [9.17, 15) is 8.42 Å². The first kappa shape index (κ1) is 17.2. The number of nitrogens with one attached hydrogen (secondary N) is 2. The van der Waals surface area contributed by atoms with Crippen LogP contribution in [0.1, 0.15) is 37.8 Å². The van der Waals surface area contributed by atoms with Crippen LogP contribution in [0.3, 0.4) is 0 Å². The molecule has 132 valence electrons. The van der Waals surface area contributed by atoms with E-state index in [1.54, 1.807) is 6.20 Å². The Morgan fingerprint density at radius 3 is 2.75 bits per heavy atom. The number of hydrogen-bond donors (Lipinski definition) is 2. The maximum absolute atomic E-state index is 11.6. The Morgan fingerprint density at radius 2 is 2.08 bits per heavy atom. The number of guanidine groups is 1. The second kappa shape index (κ2) is 7.96. The third-order valence-corrected chi connectivity index (χ3v) is 6.54. The molecule has 0 spiro atoms. The lowest BCUT2D eigenvalue weighted by Crippen LogP contribution is -2.44. The van der Waals surface area contributed by atoms with Gasteiger partial charge in [-0.1, -0.05) is 18.9 Å². The molecule has 1 aliphatic heterocycles. The van der Waals surface area contributed by atoms with Crippen LogP contribution in [0.25, 0.3) is 0 Å². The van der Waals surface area contributed by atoms with Gasteiger partial charge in [-0.05, 0) is 37.3 Å². The first-order valence-electron chi connectivity index (χ1n) is 8.76. The minimum absolute atomic E-state index is 0.181. The van der Waals surface area contributed by atoms with Crippen LogP contribution in [-0.2, 0) is 16.4 Å². The smallest absolute Gasteiger partial charge is 0.191 e. The van der Waals surface area contributed by atoms with Crippen molar-refractivity contribution in [3.63, 3.8) is 0 Å². The summed E-state index contributed by atoms with van der Waals surface area (Å²) in [4.78, 5) is 8.93. The van der Waals surface area contributed by atoms with Gasteiger partial charge in [0.25, 0.3) is 0 Å². The molecular formula is C17H26N4O2S. The molecule has 0 amide bonds. The van der Waals surface area contributed by atoms with E-state index in [-0.39, 0.29) is 11.7 Å². The summed E-state index contributed by atoms with van der Waals surface area (Å²) in [6.45, 7) is 1.17. The molecular weight excluding hydrogens is 324 g/mol. The molecule has 2 aliphatic rings. The minimum Gasteiger partial charge on any atom is -0.356 e. The van der Waals surface area contributed by atoms with Gasteiger partial charge in [-0.2, -0.15) is 0 Å². The Kier molecular flexibility index (Phi) is 5.71. The van der Waals surface area contributed by atoms with Crippen LogP contribution in [0, 0.1) is 5.92 Å². The van der Waals surface area contributed by atoms with E-state index < -0.39 is 9.84 Å². The maximum Gasteiger partial charge on any atom is 0.191 e. The Hall–Kier alpha value is -1.63. The molecule has 1 aromatic rings. The molecule has 1 saturated heterocycles. The highest BCUT2D eigenvalue weighted by atomic mass is 32.2. The van der Waals surface area contributed by atoms with Crippen molar-refractivity contribution < 1.29 is 8.42 Å². The Morgan fingerprint density at radius 1 is 1.25 bits per heavy atom. The summed E-state index contributed by atoms with van der Waals surface area (Å²) in [5.41, 5.74) is 0.925. The van der Waals surface area contributed by atoms with Gasteiger partial charge in [-0.3, -0.25) is 4.98 Å². The van der Waals surface area contributed by atoms with E-state index in [4.69, 9.17) is 0 Å². The maximum atomic E-state index is 11.6. The lowest BCUT2D eigenvalue weighted by atomic mass is 10.1. The van der Waals surface area contributed by atoms with Gasteiger partial charge < -0.3 is 10.6 Å². The zero-order chi connectivity index (χ0) is 16.8. The van der Waals surface area contributed by atoms with Crippen LogP contribution in [-0.4, -0.2) is 43.5 Å². The molecule has 2 heterocycles. The highest BCUT2D eigenvalue weighted by Gasteiger charge is 2.28. The van der Waals surface area contributed by atoms with E-state index in [2.05, 4.69) is 20.6 Å². The molecule has 2 fully saturated rings. The fourth-order valence-electron chi connectivity index (χ4n) is 3.34. The average Bonchev–Trinajstić information content (AvgIpc) is 3.20. The molecule has 7 heteroatoms. The van der Waals surface area contributed by atoms with Crippen LogP contribution in [0.4, 0.5) is 0 Å². The van der Waals surface area contributed by atoms with Gasteiger partial charge >= 0.3 is 0 Å². The zero-order valence-electron chi connectivity index (χ0n) is 13.9. The van der Waals surface area contributed by atoms with Crippen LogP contribution in [0.15, 0.2) is 29.4 Å². The largest absolute Gasteiger partial charge is 0.356 e. The van der Waals surface area contributed by atoms with Gasteiger partial charge in [0.1, 0.15) is 0 Å². The summed E-state index contributed by atoms with van der Waals surface area (Å²) in [5.74, 6) is 1.56. The van der Waals surface area contributed by atoms with Gasteiger partial charge in [-0.15, -0.1) is 0 Å². The second-order valence-electron chi connectivity index (χ2n) is 6.76. The Labute approximate surface area is 144 Å². The van der Waals surface area contributed by atoms with Crippen molar-refractivity contribution in [3.8, 4) is 0 Å². The molecule has 0 aromatic carbocycles. The second-order valence-corrected chi connectivity index (χ2v) is 8.99. The minimum atomic E-state index is -2.83. The number of aliphatic imine (C=N–C) groups is 1. The van der Waals surface area contributed by atoms with Gasteiger partial charge in [0.05, 0.1) is 23.7 Å². The lowest BCUT2D eigenvalue weighted by Gasteiger charge is -2.19. The molecule has 1 saturated carbocycles. The van der Waals surface area contributed by atoms with Gasteiger partial charge in [-0.25, -0.2) is 13.4 Å². The van der Waals surface area contributed by atoms with E-state index in [0.29, 0.717) is 24.9 Å². The molecule has 1 aromatic heterocycles. The summed E-state index contributed by atoms with van der Waals surface area (Å²) in [7, 11) is -2.83. The fourth-order valence-corrected chi connectivity index (χ4v) is 5.20. The van der Waals surface area contributed by atoms with Crippen LogP contribution < -0.4 is 10.6 Å². The third-order valence-electron chi connectivity index (χ3n) is 4.71. The molecule has 2 N–H and O–H groups in total. The standard InChI is InChI=1S/C17H26N4O2S/c22-24(23)10-8-14(13-24)11-19-17(21-15-5-1-2-6-15)20-12-16-7-3-4-9-18-16/h3-4,7,9,14-15H,1-2,5-6,8,10-13H2,(H2,19,20,21). The fraction of sp³-hybridized carbons (Fsp3) is 0.647. The average molecular weight is 350 g/mol. The molecule has 6 nitrogen and oxygen atoms in total. The van der Waals surface area contributed by atoms with Crippen molar-refractivity contribution in [2.45, 2.75) is 44.7 Å². The summed E-state index contributed by atoms with van der Waals surface area (Å²) >= 11 is 0. The van der Waals surface area contributed by atoms with Gasteiger partial charge in [0.2, 0.25) is 0 Å². The molecule has 1 unspecified atom stereocenters. The van der Waals surface area contributed by atoms with E-state index >= 15 is 0 Å². The quantitative estimate of drug-likeness (QED) is 0.621. The zero-order valence-corrected chi connectivity index (χ0v) is 14.8. The highest BCUT2D eigenvalue weighted by Crippen LogP contribution is 2.18. The molecule has 24 heavy (non-hydrogen) atoms. The normalized spacial score (nSPS) is 24.2. The first-order chi connectivity index (χ1) is 11.6. The number of aromatic nitrogens is 1. The number of hydrogen-bond acceptors (Lipinski definition) is 4. The molecule has 1 aliphatic carbocycles. The van der Waals surface area contributed by atoms with E-state index in [0.717, 1.165) is 18.1 Å². The number of pyridine rings is 1. The van der Waals surface area contributed by atoms with E-state index in [1.807, 2.05) is 18.2 Å². The number of nitrogens with zero attached hydrogens (tertiary/aromatic N) is 2.